The number of hydrogen-bond acceptors (Lipinski definition) is 2. The second-order valence-corrected chi connectivity index (χ2v) is 5.50. The SMILES string of the molecule is Clc1ccc(CNc2cccc3cn[nH]c23)cc1Br. The van der Waals surface area contributed by atoms with Gasteiger partial charge in [0.1, 0.15) is 0 Å². The van der Waals surface area contributed by atoms with Crippen LogP contribution in [0.1, 0.15) is 5.56 Å². The molecule has 5 heteroatoms. The van der Waals surface area contributed by atoms with Crippen LogP contribution < -0.4 is 5.32 Å². The molecule has 0 fully saturated rings. The van der Waals surface area contributed by atoms with Crippen LogP contribution in [0.15, 0.2) is 47.1 Å². The van der Waals surface area contributed by atoms with E-state index in [1.165, 1.54) is 0 Å². The topological polar surface area (TPSA) is 40.7 Å². The lowest BCUT2D eigenvalue weighted by molar-refractivity contribution is 1.11. The van der Waals surface area contributed by atoms with Crippen LogP contribution in [0.3, 0.4) is 0 Å². The molecule has 1 aromatic heterocycles. The Bertz CT molecular complexity index is 724. The lowest BCUT2D eigenvalue weighted by Crippen LogP contribution is -2.00. The van der Waals surface area contributed by atoms with E-state index in [-0.39, 0.29) is 0 Å². The third-order valence-corrected chi connectivity index (χ3v) is 4.16. The number of fused-ring (bicyclic) bond motifs is 1. The van der Waals surface area contributed by atoms with Crippen molar-refractivity contribution in [3.05, 3.63) is 57.7 Å². The minimum atomic E-state index is 0.722. The second kappa shape index (κ2) is 5.23. The molecule has 0 spiro atoms. The molecule has 3 aromatic rings. The molecule has 2 aromatic carbocycles. The van der Waals surface area contributed by atoms with Gasteiger partial charge in [0.15, 0.2) is 0 Å². The van der Waals surface area contributed by atoms with E-state index in [4.69, 9.17) is 11.6 Å². The van der Waals surface area contributed by atoms with Crippen molar-refractivity contribution in [2.45, 2.75) is 6.54 Å². The Balaban J connectivity index is 1.82. The van der Waals surface area contributed by atoms with Gasteiger partial charge in [-0.2, -0.15) is 5.10 Å². The number of rotatable bonds is 3. The monoisotopic (exact) mass is 335 g/mol. The molecule has 0 aliphatic rings. The van der Waals surface area contributed by atoms with Gasteiger partial charge in [-0.15, -0.1) is 0 Å². The first-order valence-corrected chi connectivity index (χ1v) is 7.01. The van der Waals surface area contributed by atoms with E-state index in [0.29, 0.717) is 0 Å². The fourth-order valence-corrected chi connectivity index (χ4v) is 2.51. The van der Waals surface area contributed by atoms with Gasteiger partial charge in [-0.1, -0.05) is 29.8 Å². The van der Waals surface area contributed by atoms with E-state index in [9.17, 15) is 0 Å². The van der Waals surface area contributed by atoms with Gasteiger partial charge in [0, 0.05) is 16.4 Å². The summed E-state index contributed by atoms with van der Waals surface area (Å²) in [5, 5.41) is 12.3. The number of aromatic amines is 1. The molecular formula is C14H11BrClN3. The smallest absolute Gasteiger partial charge is 0.0881 e. The predicted octanol–water partition coefficient (Wildman–Crippen LogP) is 4.59. The number of benzene rings is 2. The maximum absolute atomic E-state index is 5.98. The van der Waals surface area contributed by atoms with Crippen LogP contribution in [0.25, 0.3) is 10.9 Å². The highest BCUT2D eigenvalue weighted by Gasteiger charge is 2.03. The minimum Gasteiger partial charge on any atom is -0.379 e. The Kier molecular flexibility index (Phi) is 3.44. The molecule has 0 bridgehead atoms. The van der Waals surface area contributed by atoms with Crippen LogP contribution in [0.2, 0.25) is 5.02 Å². The van der Waals surface area contributed by atoms with Crippen molar-refractivity contribution in [2.75, 3.05) is 5.32 Å². The van der Waals surface area contributed by atoms with Gasteiger partial charge in [-0.05, 0) is 39.7 Å². The van der Waals surface area contributed by atoms with Crippen molar-refractivity contribution < 1.29 is 0 Å². The lowest BCUT2D eigenvalue weighted by atomic mass is 10.2. The minimum absolute atomic E-state index is 0.722. The van der Waals surface area contributed by atoms with Crippen LogP contribution >= 0.6 is 27.5 Å². The Hall–Kier alpha value is -1.52. The molecule has 1 heterocycles. The molecule has 3 rings (SSSR count). The molecule has 0 amide bonds. The number of para-hydroxylation sites is 1. The van der Waals surface area contributed by atoms with E-state index >= 15 is 0 Å². The Morgan fingerprint density at radius 3 is 3.00 bits per heavy atom. The summed E-state index contributed by atoms with van der Waals surface area (Å²) in [5.41, 5.74) is 3.23. The molecule has 0 saturated heterocycles. The molecule has 0 unspecified atom stereocenters. The van der Waals surface area contributed by atoms with E-state index in [1.54, 1.807) is 0 Å². The summed E-state index contributed by atoms with van der Waals surface area (Å²) in [6.45, 7) is 0.730. The van der Waals surface area contributed by atoms with E-state index in [0.717, 1.165) is 38.2 Å². The third kappa shape index (κ3) is 2.60. The van der Waals surface area contributed by atoms with Gasteiger partial charge in [-0.25, -0.2) is 0 Å². The summed E-state index contributed by atoms with van der Waals surface area (Å²) in [5.74, 6) is 0. The molecule has 3 nitrogen and oxygen atoms in total. The normalized spacial score (nSPS) is 10.8. The van der Waals surface area contributed by atoms with Crippen molar-refractivity contribution in [1.82, 2.24) is 10.2 Å². The molecule has 0 saturated carbocycles. The van der Waals surface area contributed by atoms with Crippen molar-refractivity contribution in [2.24, 2.45) is 0 Å². The molecule has 0 atom stereocenters. The largest absolute Gasteiger partial charge is 0.379 e. The maximum Gasteiger partial charge on any atom is 0.0881 e. The van der Waals surface area contributed by atoms with E-state index in [1.807, 2.05) is 42.6 Å². The third-order valence-electron chi connectivity index (χ3n) is 2.94. The number of halogens is 2. The molecule has 2 N–H and O–H groups in total. The molecule has 19 heavy (non-hydrogen) atoms. The summed E-state index contributed by atoms with van der Waals surface area (Å²) < 4.78 is 0.910. The first kappa shape index (κ1) is 12.5. The fourth-order valence-electron chi connectivity index (χ4n) is 1.96. The summed E-state index contributed by atoms with van der Waals surface area (Å²) in [7, 11) is 0. The number of nitrogens with zero attached hydrogens (tertiary/aromatic N) is 1. The highest BCUT2D eigenvalue weighted by molar-refractivity contribution is 9.10. The number of anilines is 1. The quantitative estimate of drug-likeness (QED) is 0.734. The van der Waals surface area contributed by atoms with Crippen LogP contribution in [-0.4, -0.2) is 10.2 Å². The van der Waals surface area contributed by atoms with Gasteiger partial charge in [-0.3, -0.25) is 5.10 Å². The molecule has 0 aliphatic carbocycles. The van der Waals surface area contributed by atoms with Gasteiger partial charge >= 0.3 is 0 Å². The van der Waals surface area contributed by atoms with Crippen LogP contribution in [-0.2, 0) is 6.54 Å². The number of nitrogens with one attached hydrogen (secondary N) is 2. The number of aromatic nitrogens is 2. The van der Waals surface area contributed by atoms with Gasteiger partial charge in [0.05, 0.1) is 22.4 Å². The van der Waals surface area contributed by atoms with Crippen LogP contribution in [0.5, 0.6) is 0 Å². The molecule has 0 radical (unpaired) electrons. The second-order valence-electron chi connectivity index (χ2n) is 4.24. The zero-order chi connectivity index (χ0) is 13.2. The maximum atomic E-state index is 5.98. The van der Waals surface area contributed by atoms with Gasteiger partial charge in [0.25, 0.3) is 0 Å². The van der Waals surface area contributed by atoms with Crippen molar-refractivity contribution >= 4 is 44.1 Å². The zero-order valence-electron chi connectivity index (χ0n) is 9.95. The fraction of sp³-hybridized carbons (Fsp3) is 0.0714. The molecule has 0 aliphatic heterocycles. The first-order chi connectivity index (χ1) is 9.24. The van der Waals surface area contributed by atoms with E-state index in [2.05, 4.69) is 31.4 Å². The van der Waals surface area contributed by atoms with Gasteiger partial charge in [0.2, 0.25) is 0 Å². The Morgan fingerprint density at radius 1 is 1.26 bits per heavy atom. The number of hydrogen-bond donors (Lipinski definition) is 2. The Morgan fingerprint density at radius 2 is 2.16 bits per heavy atom. The summed E-state index contributed by atoms with van der Waals surface area (Å²) in [4.78, 5) is 0. The number of H-pyrrole nitrogens is 1. The van der Waals surface area contributed by atoms with Crippen LogP contribution in [0.4, 0.5) is 5.69 Å². The Labute approximate surface area is 124 Å². The first-order valence-electron chi connectivity index (χ1n) is 5.84. The lowest BCUT2D eigenvalue weighted by Gasteiger charge is -2.08. The highest BCUT2D eigenvalue weighted by Crippen LogP contribution is 2.25. The predicted molar refractivity (Wildman–Crippen MR) is 82.6 cm³/mol. The van der Waals surface area contributed by atoms with Crippen molar-refractivity contribution in [3.63, 3.8) is 0 Å². The standard InChI is InChI=1S/C14H11BrClN3/c15-11-6-9(4-5-12(11)16)7-17-13-3-1-2-10-8-18-19-14(10)13/h1-6,8,17H,7H2,(H,18,19). The molecular weight excluding hydrogens is 326 g/mol. The summed E-state index contributed by atoms with van der Waals surface area (Å²) in [6.07, 6.45) is 1.82. The summed E-state index contributed by atoms with van der Waals surface area (Å²) >= 11 is 9.41. The average Bonchev–Trinajstić information content (AvgIpc) is 2.89. The van der Waals surface area contributed by atoms with Crippen molar-refractivity contribution in [3.8, 4) is 0 Å². The van der Waals surface area contributed by atoms with E-state index < -0.39 is 0 Å². The average molecular weight is 337 g/mol. The molecule has 96 valence electrons. The summed E-state index contributed by atoms with van der Waals surface area (Å²) in [6, 6.07) is 12.0. The van der Waals surface area contributed by atoms with Crippen molar-refractivity contribution in [1.29, 1.82) is 0 Å². The van der Waals surface area contributed by atoms with Crippen LogP contribution in [0, 0.1) is 0 Å². The van der Waals surface area contributed by atoms with Gasteiger partial charge < -0.3 is 5.32 Å². The highest BCUT2D eigenvalue weighted by atomic mass is 79.9. The zero-order valence-corrected chi connectivity index (χ0v) is 12.3.